The van der Waals surface area contributed by atoms with Gasteiger partial charge in [-0.15, -0.1) is 0 Å². The van der Waals surface area contributed by atoms with E-state index in [1.807, 2.05) is 13.8 Å². The summed E-state index contributed by atoms with van der Waals surface area (Å²) in [5.74, 6) is 0.144. The monoisotopic (exact) mass is 229 g/mol. The largest absolute Gasteiger partial charge is 0.351 e. The van der Waals surface area contributed by atoms with Gasteiger partial charge in [-0.1, -0.05) is 40.0 Å². The molecule has 0 spiro atoms. The number of hydrogen-bond donors (Lipinski definition) is 3. The maximum atomic E-state index is 11.8. The number of amides is 1. The second-order valence-electron chi connectivity index (χ2n) is 4.49. The highest BCUT2D eigenvalue weighted by molar-refractivity contribution is 5.82. The van der Waals surface area contributed by atoms with E-state index < -0.39 is 6.04 Å². The van der Waals surface area contributed by atoms with Gasteiger partial charge in [0.1, 0.15) is 0 Å². The number of unbranched alkanes of at least 4 members (excludes halogenated alkanes) is 1. The van der Waals surface area contributed by atoms with Crippen LogP contribution in [-0.2, 0) is 4.79 Å². The number of carbonyl (C=O) groups is 1. The predicted molar refractivity (Wildman–Crippen MR) is 67.9 cm³/mol. The van der Waals surface area contributed by atoms with Gasteiger partial charge in [-0.3, -0.25) is 4.79 Å². The third-order valence-corrected chi connectivity index (χ3v) is 3.10. The van der Waals surface area contributed by atoms with Gasteiger partial charge in [-0.25, -0.2) is 0 Å². The van der Waals surface area contributed by atoms with E-state index in [1.165, 1.54) is 0 Å². The van der Waals surface area contributed by atoms with E-state index in [2.05, 4.69) is 12.2 Å². The lowest BCUT2D eigenvalue weighted by Gasteiger charge is -2.22. The van der Waals surface area contributed by atoms with E-state index in [9.17, 15) is 4.79 Å². The van der Waals surface area contributed by atoms with E-state index in [4.69, 9.17) is 11.5 Å². The summed E-state index contributed by atoms with van der Waals surface area (Å²) in [4.78, 5) is 11.8. The zero-order chi connectivity index (χ0) is 12.6. The van der Waals surface area contributed by atoms with Crippen LogP contribution >= 0.6 is 0 Å². The number of nitrogens with two attached hydrogens (primary N) is 2. The molecule has 0 fully saturated rings. The van der Waals surface area contributed by atoms with Gasteiger partial charge in [0.15, 0.2) is 0 Å². The van der Waals surface area contributed by atoms with Crippen molar-refractivity contribution in [1.82, 2.24) is 5.32 Å². The predicted octanol–water partition coefficient (Wildman–Crippen LogP) is 0.994. The number of nitrogens with one attached hydrogen (secondary N) is 1. The van der Waals surface area contributed by atoms with Crippen LogP contribution in [0, 0.1) is 5.92 Å². The van der Waals surface area contributed by atoms with Crippen molar-refractivity contribution in [2.24, 2.45) is 17.4 Å². The molecule has 4 heteroatoms. The minimum Gasteiger partial charge on any atom is -0.351 e. The zero-order valence-corrected chi connectivity index (χ0v) is 10.8. The fourth-order valence-electron chi connectivity index (χ4n) is 1.51. The quantitative estimate of drug-likeness (QED) is 0.580. The topological polar surface area (TPSA) is 81.1 Å². The lowest BCUT2D eigenvalue weighted by molar-refractivity contribution is -0.124. The van der Waals surface area contributed by atoms with E-state index in [1.54, 1.807) is 0 Å². The first kappa shape index (κ1) is 15.4. The molecule has 0 rings (SSSR count). The van der Waals surface area contributed by atoms with Crippen LogP contribution in [0.5, 0.6) is 0 Å². The Morgan fingerprint density at radius 2 is 2.00 bits per heavy atom. The summed E-state index contributed by atoms with van der Waals surface area (Å²) in [6.45, 7) is 6.64. The van der Waals surface area contributed by atoms with Gasteiger partial charge in [0.2, 0.25) is 5.91 Å². The van der Waals surface area contributed by atoms with Gasteiger partial charge in [0, 0.05) is 12.6 Å². The summed E-state index contributed by atoms with van der Waals surface area (Å²) in [5, 5.41) is 2.93. The molecule has 16 heavy (non-hydrogen) atoms. The summed E-state index contributed by atoms with van der Waals surface area (Å²) in [5.41, 5.74) is 11.5. The Morgan fingerprint density at radius 1 is 1.38 bits per heavy atom. The third kappa shape index (κ3) is 5.47. The first-order chi connectivity index (χ1) is 7.56. The highest BCUT2D eigenvalue weighted by Gasteiger charge is 2.21. The van der Waals surface area contributed by atoms with Crippen LogP contribution < -0.4 is 16.8 Å². The molecule has 96 valence electrons. The fraction of sp³-hybridized carbons (Fsp3) is 0.917. The second kappa shape index (κ2) is 8.53. The molecule has 0 aromatic heterocycles. The molecular formula is C12H27N3O. The standard InChI is InChI=1S/C12H27N3O/c1-4-6-7-10(8-13)15-12(16)11(14)9(3)5-2/h9-11H,4-8,13-14H2,1-3H3,(H,15,16). The van der Waals surface area contributed by atoms with Crippen LogP contribution in [0.25, 0.3) is 0 Å². The Kier molecular flexibility index (Phi) is 8.21. The molecule has 5 N–H and O–H groups in total. The lowest BCUT2D eigenvalue weighted by Crippen LogP contribution is -2.50. The first-order valence-electron chi connectivity index (χ1n) is 6.32. The molecule has 0 aromatic carbocycles. The van der Waals surface area contributed by atoms with Gasteiger partial charge in [0.05, 0.1) is 6.04 Å². The second-order valence-corrected chi connectivity index (χ2v) is 4.49. The van der Waals surface area contributed by atoms with Gasteiger partial charge >= 0.3 is 0 Å². The molecule has 0 heterocycles. The normalized spacial score (nSPS) is 16.6. The van der Waals surface area contributed by atoms with Crippen LogP contribution in [0.1, 0.15) is 46.5 Å². The van der Waals surface area contributed by atoms with Crippen LogP contribution in [0.2, 0.25) is 0 Å². The molecule has 0 saturated heterocycles. The smallest absolute Gasteiger partial charge is 0.237 e. The van der Waals surface area contributed by atoms with Gasteiger partial charge < -0.3 is 16.8 Å². The zero-order valence-electron chi connectivity index (χ0n) is 10.8. The van der Waals surface area contributed by atoms with Crippen molar-refractivity contribution in [1.29, 1.82) is 0 Å². The molecule has 1 amide bonds. The van der Waals surface area contributed by atoms with E-state index in [0.717, 1.165) is 25.7 Å². The molecular weight excluding hydrogens is 202 g/mol. The molecule has 0 aliphatic heterocycles. The number of hydrogen-bond acceptors (Lipinski definition) is 3. The number of rotatable bonds is 8. The first-order valence-corrected chi connectivity index (χ1v) is 6.32. The van der Waals surface area contributed by atoms with E-state index in [0.29, 0.717) is 6.54 Å². The van der Waals surface area contributed by atoms with Crippen molar-refractivity contribution in [3.63, 3.8) is 0 Å². The van der Waals surface area contributed by atoms with Gasteiger partial charge in [0.25, 0.3) is 0 Å². The van der Waals surface area contributed by atoms with Crippen molar-refractivity contribution in [2.75, 3.05) is 6.54 Å². The van der Waals surface area contributed by atoms with Crippen LogP contribution in [0.3, 0.4) is 0 Å². The minimum atomic E-state index is -0.416. The van der Waals surface area contributed by atoms with E-state index >= 15 is 0 Å². The molecule has 4 nitrogen and oxygen atoms in total. The highest BCUT2D eigenvalue weighted by atomic mass is 16.2. The highest BCUT2D eigenvalue weighted by Crippen LogP contribution is 2.06. The number of carbonyl (C=O) groups excluding carboxylic acids is 1. The third-order valence-electron chi connectivity index (χ3n) is 3.10. The summed E-state index contributed by atoms with van der Waals surface area (Å²) >= 11 is 0. The fourth-order valence-corrected chi connectivity index (χ4v) is 1.51. The van der Waals surface area contributed by atoms with E-state index in [-0.39, 0.29) is 17.9 Å². The SMILES string of the molecule is CCCCC(CN)NC(=O)C(N)C(C)CC. The molecule has 0 saturated carbocycles. The Morgan fingerprint density at radius 3 is 2.44 bits per heavy atom. The molecule has 0 aliphatic rings. The molecule has 3 unspecified atom stereocenters. The van der Waals surface area contributed by atoms with Crippen LogP contribution in [0.15, 0.2) is 0 Å². The van der Waals surface area contributed by atoms with Crippen molar-refractivity contribution < 1.29 is 4.79 Å². The van der Waals surface area contributed by atoms with Crippen molar-refractivity contribution in [3.05, 3.63) is 0 Å². The van der Waals surface area contributed by atoms with Crippen molar-refractivity contribution in [2.45, 2.75) is 58.5 Å². The average Bonchev–Trinajstić information content (AvgIpc) is 2.31. The molecule has 0 aliphatic carbocycles. The van der Waals surface area contributed by atoms with Crippen molar-refractivity contribution >= 4 is 5.91 Å². The summed E-state index contributed by atoms with van der Waals surface area (Å²) < 4.78 is 0. The van der Waals surface area contributed by atoms with Gasteiger partial charge in [-0.2, -0.15) is 0 Å². The Hall–Kier alpha value is -0.610. The van der Waals surface area contributed by atoms with Crippen molar-refractivity contribution in [3.8, 4) is 0 Å². The maximum absolute atomic E-state index is 11.8. The van der Waals surface area contributed by atoms with Crippen LogP contribution in [0.4, 0.5) is 0 Å². The van der Waals surface area contributed by atoms with Gasteiger partial charge in [-0.05, 0) is 12.3 Å². The lowest BCUT2D eigenvalue weighted by atomic mass is 9.99. The molecule has 0 bridgehead atoms. The maximum Gasteiger partial charge on any atom is 0.237 e. The Bertz CT molecular complexity index is 197. The Labute approximate surface area is 99.1 Å². The minimum absolute atomic E-state index is 0.0686. The van der Waals surface area contributed by atoms with Crippen LogP contribution in [-0.4, -0.2) is 24.5 Å². The molecule has 3 atom stereocenters. The molecule has 0 aromatic rings. The molecule has 0 radical (unpaired) electrons. The Balaban J connectivity index is 4.08. The summed E-state index contributed by atoms with van der Waals surface area (Å²) in [6, 6.07) is -0.344. The average molecular weight is 229 g/mol. The summed E-state index contributed by atoms with van der Waals surface area (Å²) in [7, 11) is 0. The summed E-state index contributed by atoms with van der Waals surface area (Å²) in [6.07, 6.45) is 4.05.